The van der Waals surface area contributed by atoms with E-state index in [-0.39, 0.29) is 16.8 Å². The van der Waals surface area contributed by atoms with Crippen LogP contribution in [-0.4, -0.2) is 27.5 Å². The van der Waals surface area contributed by atoms with Gasteiger partial charge < -0.3 is 9.32 Å². The molecule has 1 atom stereocenters. The van der Waals surface area contributed by atoms with Gasteiger partial charge in [-0.05, 0) is 61.7 Å². The van der Waals surface area contributed by atoms with Gasteiger partial charge in [0, 0.05) is 30.6 Å². The van der Waals surface area contributed by atoms with Crippen LogP contribution >= 0.6 is 0 Å². The van der Waals surface area contributed by atoms with E-state index in [1.807, 2.05) is 11.8 Å². The zero-order valence-electron chi connectivity index (χ0n) is 15.9. The van der Waals surface area contributed by atoms with Crippen LogP contribution in [-0.2, 0) is 10.0 Å². The normalized spacial score (nSPS) is 17.6. The van der Waals surface area contributed by atoms with Gasteiger partial charge in [0.1, 0.15) is 11.4 Å². The fourth-order valence-electron chi connectivity index (χ4n) is 3.66. The predicted octanol–water partition coefficient (Wildman–Crippen LogP) is 3.19. The Morgan fingerprint density at radius 3 is 2.79 bits per heavy atom. The molecule has 0 amide bonds. The Balaban J connectivity index is 1.55. The lowest BCUT2D eigenvalue weighted by Crippen LogP contribution is -2.48. The van der Waals surface area contributed by atoms with Gasteiger partial charge in [-0.2, -0.15) is 0 Å². The fourth-order valence-corrected chi connectivity index (χ4v) is 4.96. The van der Waals surface area contributed by atoms with Crippen LogP contribution in [0.1, 0.15) is 18.4 Å². The Hall–Kier alpha value is -2.71. The number of benzene rings is 2. The lowest BCUT2D eigenvalue weighted by molar-refractivity contribution is 0.461. The first-order chi connectivity index (χ1) is 13.8. The molecular weight excluding hydrogens is 395 g/mol. The van der Waals surface area contributed by atoms with Crippen molar-refractivity contribution < 1.29 is 17.2 Å². The van der Waals surface area contributed by atoms with Crippen molar-refractivity contribution in [3.05, 3.63) is 70.3 Å². The lowest BCUT2D eigenvalue weighted by Gasteiger charge is -2.35. The molecule has 2 heterocycles. The van der Waals surface area contributed by atoms with Crippen molar-refractivity contribution >= 4 is 26.7 Å². The summed E-state index contributed by atoms with van der Waals surface area (Å²) in [4.78, 5) is 13.3. The number of rotatable bonds is 4. The Kier molecular flexibility index (Phi) is 5.14. The monoisotopic (exact) mass is 416 g/mol. The maximum absolute atomic E-state index is 14.2. The number of piperidine rings is 1. The number of fused-ring (bicyclic) bond motifs is 1. The van der Waals surface area contributed by atoms with Crippen molar-refractivity contribution in [1.29, 1.82) is 0 Å². The minimum absolute atomic E-state index is 0.0951. The Morgan fingerprint density at radius 2 is 1.97 bits per heavy atom. The highest BCUT2D eigenvalue weighted by atomic mass is 32.2. The molecule has 0 bridgehead atoms. The fraction of sp³-hybridized carbons (Fsp3) is 0.286. The number of hydrogen-bond acceptors (Lipinski definition) is 5. The van der Waals surface area contributed by atoms with E-state index in [4.69, 9.17) is 4.42 Å². The molecule has 6 nitrogen and oxygen atoms in total. The number of sulfonamides is 1. The van der Waals surface area contributed by atoms with E-state index in [0.29, 0.717) is 36.2 Å². The van der Waals surface area contributed by atoms with Gasteiger partial charge in [-0.15, -0.1) is 0 Å². The summed E-state index contributed by atoms with van der Waals surface area (Å²) in [5, 5.41) is 0.527. The number of nitrogens with one attached hydrogen (secondary N) is 1. The van der Waals surface area contributed by atoms with Crippen LogP contribution in [0.15, 0.2) is 62.6 Å². The minimum Gasteiger partial charge on any atom is -0.423 e. The van der Waals surface area contributed by atoms with E-state index in [1.165, 1.54) is 36.4 Å². The molecule has 1 fully saturated rings. The van der Waals surface area contributed by atoms with E-state index < -0.39 is 15.6 Å². The van der Waals surface area contributed by atoms with Crippen LogP contribution in [0.3, 0.4) is 0 Å². The zero-order valence-corrected chi connectivity index (χ0v) is 16.7. The van der Waals surface area contributed by atoms with Crippen molar-refractivity contribution in [2.24, 2.45) is 0 Å². The second kappa shape index (κ2) is 7.61. The summed E-state index contributed by atoms with van der Waals surface area (Å²) in [6.07, 6.45) is 1.43. The molecule has 3 aromatic rings. The Bertz CT molecular complexity index is 1220. The zero-order chi connectivity index (χ0) is 20.6. The second-order valence-electron chi connectivity index (χ2n) is 7.32. The smallest absolute Gasteiger partial charge is 0.336 e. The molecule has 1 N–H and O–H groups in total. The van der Waals surface area contributed by atoms with Gasteiger partial charge >= 0.3 is 5.63 Å². The highest BCUT2D eigenvalue weighted by molar-refractivity contribution is 7.89. The molecule has 29 heavy (non-hydrogen) atoms. The van der Waals surface area contributed by atoms with Gasteiger partial charge in [0.05, 0.1) is 10.6 Å². The second-order valence-corrected chi connectivity index (χ2v) is 9.03. The molecule has 4 rings (SSSR count). The summed E-state index contributed by atoms with van der Waals surface area (Å²) in [7, 11) is -3.78. The van der Waals surface area contributed by atoms with Gasteiger partial charge in [-0.25, -0.2) is 22.3 Å². The summed E-state index contributed by atoms with van der Waals surface area (Å²) in [5.41, 5.74) is 1.29. The van der Waals surface area contributed by atoms with Crippen LogP contribution in [0.5, 0.6) is 0 Å². The molecule has 1 aromatic heterocycles. The van der Waals surface area contributed by atoms with E-state index in [1.54, 1.807) is 12.1 Å². The largest absolute Gasteiger partial charge is 0.423 e. The lowest BCUT2D eigenvalue weighted by atomic mass is 10.1. The van der Waals surface area contributed by atoms with E-state index in [0.717, 1.165) is 12.0 Å². The van der Waals surface area contributed by atoms with Crippen LogP contribution in [0.2, 0.25) is 0 Å². The Morgan fingerprint density at radius 1 is 1.14 bits per heavy atom. The van der Waals surface area contributed by atoms with Crippen LogP contribution in [0.25, 0.3) is 11.0 Å². The maximum atomic E-state index is 14.2. The molecule has 2 aromatic carbocycles. The van der Waals surface area contributed by atoms with Crippen molar-refractivity contribution in [3.63, 3.8) is 0 Å². The van der Waals surface area contributed by atoms with Crippen LogP contribution in [0.4, 0.5) is 10.1 Å². The third-order valence-electron chi connectivity index (χ3n) is 5.09. The average Bonchev–Trinajstić information content (AvgIpc) is 2.69. The third kappa shape index (κ3) is 4.18. The summed E-state index contributed by atoms with van der Waals surface area (Å²) >= 11 is 0. The molecule has 0 spiro atoms. The number of anilines is 1. The van der Waals surface area contributed by atoms with Crippen molar-refractivity contribution in [3.8, 4) is 0 Å². The maximum Gasteiger partial charge on any atom is 0.336 e. The first-order valence-electron chi connectivity index (χ1n) is 9.39. The minimum atomic E-state index is -3.78. The first-order valence-corrected chi connectivity index (χ1v) is 10.9. The summed E-state index contributed by atoms with van der Waals surface area (Å²) in [6.45, 7) is 2.96. The molecule has 0 radical (unpaired) electrons. The quantitative estimate of drug-likeness (QED) is 0.661. The SMILES string of the molecule is Cc1ccc(F)c(N2CCCC(NS(=O)(=O)c3ccc4oc(=O)ccc4c3)C2)c1. The van der Waals surface area contributed by atoms with Crippen molar-refractivity contribution in [2.75, 3.05) is 18.0 Å². The van der Waals surface area contributed by atoms with E-state index in [2.05, 4.69) is 4.72 Å². The highest BCUT2D eigenvalue weighted by Gasteiger charge is 2.27. The molecule has 8 heteroatoms. The van der Waals surface area contributed by atoms with Gasteiger partial charge in [-0.1, -0.05) is 6.07 Å². The standard InChI is InChI=1S/C21H21FN2O4S/c1-14-4-7-18(22)19(11-14)24-10-2-3-16(13-24)23-29(26,27)17-6-8-20-15(12-17)5-9-21(25)28-20/h4-9,11-12,16,23H,2-3,10,13H2,1H3. The van der Waals surface area contributed by atoms with Crippen molar-refractivity contribution in [2.45, 2.75) is 30.7 Å². The van der Waals surface area contributed by atoms with Gasteiger partial charge in [0.25, 0.3) is 0 Å². The molecule has 1 aliphatic rings. The Labute approximate surface area is 168 Å². The average molecular weight is 416 g/mol. The molecule has 0 saturated carbocycles. The highest BCUT2D eigenvalue weighted by Crippen LogP contribution is 2.25. The van der Waals surface area contributed by atoms with Crippen molar-refractivity contribution in [1.82, 2.24) is 4.72 Å². The van der Waals surface area contributed by atoms with E-state index >= 15 is 0 Å². The number of hydrogen-bond donors (Lipinski definition) is 1. The van der Waals surface area contributed by atoms with Gasteiger partial charge in [-0.3, -0.25) is 0 Å². The number of halogens is 1. The third-order valence-corrected chi connectivity index (χ3v) is 6.60. The molecule has 0 aliphatic carbocycles. The summed E-state index contributed by atoms with van der Waals surface area (Å²) in [5.74, 6) is -0.310. The number of aryl methyl sites for hydroxylation is 1. The summed E-state index contributed by atoms with van der Waals surface area (Å²) < 4.78 is 47.8. The van der Waals surface area contributed by atoms with Gasteiger partial charge in [0.15, 0.2) is 0 Å². The molecular formula is C21H21FN2O4S. The van der Waals surface area contributed by atoms with Crippen LogP contribution in [0, 0.1) is 12.7 Å². The van der Waals surface area contributed by atoms with E-state index in [9.17, 15) is 17.6 Å². The molecule has 152 valence electrons. The predicted molar refractivity (Wildman–Crippen MR) is 109 cm³/mol. The number of nitrogens with zero attached hydrogens (tertiary/aromatic N) is 1. The molecule has 1 unspecified atom stereocenters. The molecule has 1 aliphatic heterocycles. The first kappa shape index (κ1) is 19.6. The topological polar surface area (TPSA) is 79.6 Å². The summed E-state index contributed by atoms with van der Waals surface area (Å²) in [6, 6.07) is 11.7. The molecule has 1 saturated heterocycles. The van der Waals surface area contributed by atoms with Gasteiger partial charge in [0.2, 0.25) is 10.0 Å². The van der Waals surface area contributed by atoms with Crippen LogP contribution < -0.4 is 15.2 Å².